The minimum atomic E-state index is -1.40. The van der Waals surface area contributed by atoms with Gasteiger partial charge in [-0.15, -0.1) is 0 Å². The van der Waals surface area contributed by atoms with Crippen molar-refractivity contribution in [1.29, 1.82) is 0 Å². The van der Waals surface area contributed by atoms with Gasteiger partial charge in [0.2, 0.25) is 0 Å². The zero-order valence-corrected chi connectivity index (χ0v) is 19.5. The van der Waals surface area contributed by atoms with Crippen molar-refractivity contribution in [3.05, 3.63) is 106 Å². The quantitative estimate of drug-likeness (QED) is 0.440. The number of Topliss-reactive ketones (excluding diaryl/α,β-unsaturated/α-hetero) is 3. The number of hydrogen-bond acceptors (Lipinski definition) is 4. The zero-order chi connectivity index (χ0) is 22.9. The van der Waals surface area contributed by atoms with Crippen molar-refractivity contribution in [3.8, 4) is 0 Å². The fourth-order valence-corrected chi connectivity index (χ4v) is 6.38. The maximum atomic E-state index is 14.2. The summed E-state index contributed by atoms with van der Waals surface area (Å²) in [5.74, 6) is -1.07. The van der Waals surface area contributed by atoms with E-state index in [1.54, 1.807) is 31.2 Å². The molecule has 1 fully saturated rings. The SMILES string of the molecule is CC(=O)[C@H]1[C@H](c2ccc(Br)cc2)C2(C(=O)c3ccccc3C2=O)C2C=Cc3ccccc3N21. The smallest absolute Gasteiger partial charge is 0.180 e. The Balaban J connectivity index is 1.68. The van der Waals surface area contributed by atoms with Crippen LogP contribution < -0.4 is 4.90 Å². The molecule has 0 bridgehead atoms. The van der Waals surface area contributed by atoms with Crippen LogP contribution in [0.25, 0.3) is 6.08 Å². The van der Waals surface area contributed by atoms with Gasteiger partial charge in [0.15, 0.2) is 17.3 Å². The minimum Gasteiger partial charge on any atom is -0.352 e. The van der Waals surface area contributed by atoms with E-state index in [2.05, 4.69) is 15.9 Å². The third-order valence-electron chi connectivity index (χ3n) is 7.36. The number of hydrogen-bond donors (Lipinski definition) is 0. The first kappa shape index (κ1) is 20.3. The van der Waals surface area contributed by atoms with Gasteiger partial charge in [-0.05, 0) is 36.2 Å². The van der Waals surface area contributed by atoms with Gasteiger partial charge in [-0.1, -0.05) is 82.7 Å². The first-order chi connectivity index (χ1) is 16.0. The first-order valence-electron chi connectivity index (χ1n) is 11.0. The summed E-state index contributed by atoms with van der Waals surface area (Å²) in [6.45, 7) is 1.56. The van der Waals surface area contributed by atoms with Gasteiger partial charge in [0.1, 0.15) is 5.41 Å². The number of nitrogens with zero attached hydrogens (tertiary/aromatic N) is 1. The molecule has 0 N–H and O–H groups in total. The Kier molecular flexibility index (Phi) is 4.36. The standard InChI is InChI=1S/C28H20BrNO3/c1-16(31)25-24(18-10-13-19(29)14-11-18)28(26(32)20-7-3-4-8-21(20)27(28)33)23-15-12-17-6-2-5-9-22(17)30(23)25/h2-15,23-25H,1H3/t23?,24-,25-/m0/s1. The van der Waals surface area contributed by atoms with Gasteiger partial charge in [0, 0.05) is 27.2 Å². The molecule has 1 saturated heterocycles. The van der Waals surface area contributed by atoms with Crippen LogP contribution >= 0.6 is 15.9 Å². The average molecular weight is 498 g/mol. The molecule has 1 unspecified atom stereocenters. The van der Waals surface area contributed by atoms with Gasteiger partial charge in [-0.2, -0.15) is 0 Å². The number of anilines is 1. The molecule has 2 heterocycles. The van der Waals surface area contributed by atoms with Crippen LogP contribution in [-0.4, -0.2) is 29.4 Å². The van der Waals surface area contributed by atoms with Crippen LogP contribution in [0.1, 0.15) is 44.7 Å². The van der Waals surface area contributed by atoms with Crippen LogP contribution in [0.5, 0.6) is 0 Å². The number of carbonyl (C=O) groups is 3. The Morgan fingerprint density at radius 3 is 2.12 bits per heavy atom. The second-order valence-electron chi connectivity index (χ2n) is 8.93. The highest BCUT2D eigenvalue weighted by Crippen LogP contribution is 2.60. The minimum absolute atomic E-state index is 0.0635. The lowest BCUT2D eigenvalue weighted by Gasteiger charge is -2.37. The molecule has 1 spiro atoms. The molecule has 33 heavy (non-hydrogen) atoms. The number of ketones is 3. The van der Waals surface area contributed by atoms with Crippen molar-refractivity contribution in [1.82, 2.24) is 0 Å². The Morgan fingerprint density at radius 2 is 1.48 bits per heavy atom. The average Bonchev–Trinajstić information content (AvgIpc) is 3.27. The van der Waals surface area contributed by atoms with E-state index in [9.17, 15) is 14.4 Å². The fraction of sp³-hybridized carbons (Fsp3) is 0.179. The number of rotatable bonds is 2. The van der Waals surface area contributed by atoms with Crippen molar-refractivity contribution < 1.29 is 14.4 Å². The zero-order valence-electron chi connectivity index (χ0n) is 17.9. The second kappa shape index (κ2) is 7.09. The first-order valence-corrected chi connectivity index (χ1v) is 11.8. The number of halogens is 1. The van der Waals surface area contributed by atoms with Gasteiger partial charge in [-0.25, -0.2) is 0 Å². The number of carbonyl (C=O) groups excluding carboxylic acids is 3. The summed E-state index contributed by atoms with van der Waals surface area (Å²) < 4.78 is 0.896. The molecule has 3 aromatic carbocycles. The molecule has 0 saturated carbocycles. The lowest BCUT2D eigenvalue weighted by Crippen LogP contribution is -2.48. The summed E-state index contributed by atoms with van der Waals surface area (Å²) in [4.78, 5) is 43.7. The van der Waals surface area contributed by atoms with E-state index in [0.717, 1.165) is 21.3 Å². The molecule has 162 valence electrons. The van der Waals surface area contributed by atoms with E-state index in [-0.39, 0.29) is 17.3 Å². The number of fused-ring (bicyclic) bond motifs is 5. The van der Waals surface area contributed by atoms with Crippen LogP contribution in [0, 0.1) is 5.41 Å². The third-order valence-corrected chi connectivity index (χ3v) is 7.89. The lowest BCUT2D eigenvalue weighted by molar-refractivity contribution is -0.118. The predicted molar refractivity (Wildman–Crippen MR) is 131 cm³/mol. The highest BCUT2D eigenvalue weighted by molar-refractivity contribution is 9.10. The highest BCUT2D eigenvalue weighted by atomic mass is 79.9. The molecular formula is C28H20BrNO3. The summed E-state index contributed by atoms with van der Waals surface area (Å²) in [7, 11) is 0. The van der Waals surface area contributed by atoms with Crippen LogP contribution in [-0.2, 0) is 4.79 Å². The summed E-state index contributed by atoms with van der Waals surface area (Å²) >= 11 is 3.48. The van der Waals surface area contributed by atoms with Crippen LogP contribution in [0.3, 0.4) is 0 Å². The molecule has 3 atom stereocenters. The van der Waals surface area contributed by atoms with Gasteiger partial charge in [0.05, 0.1) is 12.1 Å². The lowest BCUT2D eigenvalue weighted by atomic mass is 9.64. The number of para-hydroxylation sites is 1. The molecule has 3 aromatic rings. The topological polar surface area (TPSA) is 54.5 Å². The van der Waals surface area contributed by atoms with Crippen LogP contribution in [0.4, 0.5) is 5.69 Å². The van der Waals surface area contributed by atoms with Gasteiger partial charge < -0.3 is 4.90 Å². The molecule has 6 rings (SSSR count). The van der Waals surface area contributed by atoms with E-state index in [4.69, 9.17) is 0 Å². The summed E-state index contributed by atoms with van der Waals surface area (Å²) in [6, 6.07) is 21.3. The molecule has 4 nitrogen and oxygen atoms in total. The summed E-state index contributed by atoms with van der Waals surface area (Å²) in [6.07, 6.45) is 3.92. The summed E-state index contributed by atoms with van der Waals surface area (Å²) in [5, 5.41) is 0. The molecule has 5 heteroatoms. The van der Waals surface area contributed by atoms with E-state index < -0.39 is 23.4 Å². The molecule has 0 amide bonds. The van der Waals surface area contributed by atoms with Gasteiger partial charge in [0.25, 0.3) is 0 Å². The van der Waals surface area contributed by atoms with Crippen molar-refractivity contribution in [2.45, 2.75) is 24.9 Å². The molecule has 1 aliphatic carbocycles. The van der Waals surface area contributed by atoms with Crippen molar-refractivity contribution >= 4 is 45.0 Å². The van der Waals surface area contributed by atoms with Crippen molar-refractivity contribution in [2.75, 3.05) is 4.90 Å². The maximum Gasteiger partial charge on any atom is 0.180 e. The highest BCUT2D eigenvalue weighted by Gasteiger charge is 2.71. The van der Waals surface area contributed by atoms with Crippen LogP contribution in [0.15, 0.2) is 83.3 Å². The molecule has 3 aliphatic rings. The monoisotopic (exact) mass is 497 g/mol. The fourth-order valence-electron chi connectivity index (χ4n) is 6.11. The molecule has 0 radical (unpaired) electrons. The van der Waals surface area contributed by atoms with E-state index in [1.165, 1.54) is 0 Å². The Bertz CT molecular complexity index is 1340. The molecular weight excluding hydrogens is 478 g/mol. The van der Waals surface area contributed by atoms with Crippen molar-refractivity contribution in [2.24, 2.45) is 5.41 Å². The Labute approximate surface area is 200 Å². The normalized spacial score (nSPS) is 24.1. The Morgan fingerprint density at radius 1 is 0.879 bits per heavy atom. The molecule has 0 aromatic heterocycles. The summed E-state index contributed by atoms with van der Waals surface area (Å²) in [5.41, 5.74) is 2.15. The maximum absolute atomic E-state index is 14.2. The molecule has 2 aliphatic heterocycles. The third kappa shape index (κ3) is 2.54. The second-order valence-corrected chi connectivity index (χ2v) is 9.84. The van der Waals surface area contributed by atoms with E-state index in [0.29, 0.717) is 11.1 Å². The van der Waals surface area contributed by atoms with Crippen LogP contribution in [0.2, 0.25) is 0 Å². The largest absolute Gasteiger partial charge is 0.352 e. The van der Waals surface area contributed by atoms with E-state index >= 15 is 0 Å². The predicted octanol–water partition coefficient (Wildman–Crippen LogP) is 5.47. The van der Waals surface area contributed by atoms with Gasteiger partial charge >= 0.3 is 0 Å². The number of benzene rings is 3. The van der Waals surface area contributed by atoms with Crippen molar-refractivity contribution in [3.63, 3.8) is 0 Å². The Hall–Kier alpha value is -3.31. The van der Waals surface area contributed by atoms with E-state index in [1.807, 2.05) is 65.6 Å². The van der Waals surface area contributed by atoms with Gasteiger partial charge in [-0.3, -0.25) is 14.4 Å².